The van der Waals surface area contributed by atoms with Crippen molar-refractivity contribution < 1.29 is 10.2 Å². The van der Waals surface area contributed by atoms with Crippen molar-refractivity contribution in [1.29, 1.82) is 0 Å². The summed E-state index contributed by atoms with van der Waals surface area (Å²) in [5.41, 5.74) is 1.07. The van der Waals surface area contributed by atoms with Crippen LogP contribution in [-0.2, 0) is 0 Å². The van der Waals surface area contributed by atoms with Gasteiger partial charge in [-0.1, -0.05) is 25.0 Å². The van der Waals surface area contributed by atoms with Crippen molar-refractivity contribution in [2.45, 2.75) is 37.7 Å². The van der Waals surface area contributed by atoms with E-state index < -0.39 is 0 Å². The highest BCUT2D eigenvalue weighted by Crippen LogP contribution is 2.33. The molecule has 2 rings (SSSR count). The van der Waals surface area contributed by atoms with E-state index in [0.29, 0.717) is 5.75 Å². The van der Waals surface area contributed by atoms with Gasteiger partial charge >= 0.3 is 0 Å². The minimum atomic E-state index is -0.231. The minimum Gasteiger partial charge on any atom is -0.508 e. The third kappa shape index (κ3) is 1.90. The average molecular weight is 192 g/mol. The van der Waals surface area contributed by atoms with Crippen LogP contribution in [0.1, 0.15) is 37.2 Å². The van der Waals surface area contributed by atoms with Gasteiger partial charge in [0.2, 0.25) is 0 Å². The Kier molecular flexibility index (Phi) is 2.73. The molecule has 1 saturated carbocycles. The summed E-state index contributed by atoms with van der Waals surface area (Å²) in [5, 5.41) is 19.2. The molecule has 2 N–H and O–H groups in total. The van der Waals surface area contributed by atoms with E-state index in [-0.39, 0.29) is 12.0 Å². The quantitative estimate of drug-likeness (QED) is 0.717. The summed E-state index contributed by atoms with van der Waals surface area (Å²) in [6.07, 6.45) is 3.99. The monoisotopic (exact) mass is 192 g/mol. The lowest BCUT2D eigenvalue weighted by atomic mass is 9.82. The van der Waals surface area contributed by atoms with Crippen LogP contribution < -0.4 is 0 Å². The Morgan fingerprint density at radius 3 is 2.64 bits per heavy atom. The predicted octanol–water partition coefficient (Wildman–Crippen LogP) is 2.41. The van der Waals surface area contributed by atoms with Crippen molar-refractivity contribution in [3.05, 3.63) is 29.8 Å². The fourth-order valence-corrected chi connectivity index (χ4v) is 2.26. The average Bonchev–Trinajstić information content (AvgIpc) is 2.18. The highest BCUT2D eigenvalue weighted by Gasteiger charge is 2.24. The number of aliphatic hydroxyl groups is 1. The van der Waals surface area contributed by atoms with Gasteiger partial charge in [0, 0.05) is 5.92 Å². The number of hydrogen-bond donors (Lipinski definition) is 2. The normalized spacial score (nSPS) is 27.5. The Morgan fingerprint density at radius 1 is 1.14 bits per heavy atom. The highest BCUT2D eigenvalue weighted by molar-refractivity contribution is 5.30. The summed E-state index contributed by atoms with van der Waals surface area (Å²) in [7, 11) is 0. The van der Waals surface area contributed by atoms with Gasteiger partial charge in [0.05, 0.1) is 6.10 Å². The third-order valence-corrected chi connectivity index (χ3v) is 3.03. The van der Waals surface area contributed by atoms with Gasteiger partial charge in [-0.25, -0.2) is 0 Å². The van der Waals surface area contributed by atoms with E-state index in [1.54, 1.807) is 12.1 Å². The topological polar surface area (TPSA) is 40.5 Å². The summed E-state index contributed by atoms with van der Waals surface area (Å²) in [6, 6.07) is 7.25. The molecule has 0 radical (unpaired) electrons. The summed E-state index contributed by atoms with van der Waals surface area (Å²) in [4.78, 5) is 0. The lowest BCUT2D eigenvalue weighted by Crippen LogP contribution is -2.22. The maximum Gasteiger partial charge on any atom is 0.115 e. The zero-order chi connectivity index (χ0) is 9.97. The molecule has 1 aromatic rings. The molecule has 0 aromatic heterocycles. The van der Waals surface area contributed by atoms with Crippen LogP contribution in [0.25, 0.3) is 0 Å². The van der Waals surface area contributed by atoms with Gasteiger partial charge < -0.3 is 10.2 Å². The molecule has 1 aliphatic carbocycles. The van der Waals surface area contributed by atoms with Crippen LogP contribution in [-0.4, -0.2) is 16.3 Å². The Morgan fingerprint density at radius 2 is 1.93 bits per heavy atom. The van der Waals surface area contributed by atoms with E-state index in [2.05, 4.69) is 0 Å². The van der Waals surface area contributed by atoms with E-state index in [0.717, 1.165) is 24.8 Å². The lowest BCUT2D eigenvalue weighted by Gasteiger charge is -2.27. The predicted molar refractivity (Wildman–Crippen MR) is 55.3 cm³/mol. The Labute approximate surface area is 84.2 Å². The van der Waals surface area contributed by atoms with E-state index in [1.165, 1.54) is 6.42 Å². The molecule has 2 heteroatoms. The number of aliphatic hydroxyl groups excluding tert-OH is 1. The fourth-order valence-electron chi connectivity index (χ4n) is 2.26. The van der Waals surface area contributed by atoms with Gasteiger partial charge in [-0.3, -0.25) is 0 Å². The van der Waals surface area contributed by atoms with E-state index in [4.69, 9.17) is 0 Å². The maximum absolute atomic E-state index is 9.83. The standard InChI is InChI=1S/C12H16O2/c13-10-5-3-4-9(8-10)11-6-1-2-7-12(11)14/h3-5,8,11-14H,1-2,6-7H2/t11-,12-/m1/s1. The first-order valence-corrected chi connectivity index (χ1v) is 5.24. The molecule has 2 nitrogen and oxygen atoms in total. The van der Waals surface area contributed by atoms with E-state index in [1.807, 2.05) is 12.1 Å². The minimum absolute atomic E-state index is 0.218. The zero-order valence-corrected chi connectivity index (χ0v) is 8.19. The Balaban J connectivity index is 2.20. The Bertz CT molecular complexity index is 309. The Hall–Kier alpha value is -1.02. The second kappa shape index (κ2) is 4.01. The van der Waals surface area contributed by atoms with E-state index in [9.17, 15) is 10.2 Å². The van der Waals surface area contributed by atoms with Gasteiger partial charge in [0.1, 0.15) is 5.75 Å². The van der Waals surface area contributed by atoms with Gasteiger partial charge in [-0.05, 0) is 30.5 Å². The van der Waals surface area contributed by atoms with Gasteiger partial charge in [-0.15, -0.1) is 0 Å². The van der Waals surface area contributed by atoms with Crippen LogP contribution >= 0.6 is 0 Å². The molecule has 0 unspecified atom stereocenters. The zero-order valence-electron chi connectivity index (χ0n) is 8.19. The molecule has 0 heterocycles. The fraction of sp³-hybridized carbons (Fsp3) is 0.500. The van der Waals surface area contributed by atoms with E-state index >= 15 is 0 Å². The molecule has 1 fully saturated rings. The first-order valence-electron chi connectivity index (χ1n) is 5.24. The SMILES string of the molecule is Oc1cccc([C@H]2CCCC[C@H]2O)c1. The summed E-state index contributed by atoms with van der Waals surface area (Å²) in [5.74, 6) is 0.510. The van der Waals surface area contributed by atoms with Crippen molar-refractivity contribution >= 4 is 0 Å². The molecule has 0 spiro atoms. The van der Waals surface area contributed by atoms with Crippen molar-refractivity contribution in [3.8, 4) is 5.75 Å². The van der Waals surface area contributed by atoms with Crippen LogP contribution in [0, 0.1) is 0 Å². The molecule has 0 amide bonds. The van der Waals surface area contributed by atoms with Crippen LogP contribution in [0.5, 0.6) is 5.75 Å². The molecule has 2 atom stereocenters. The van der Waals surface area contributed by atoms with Crippen molar-refractivity contribution in [3.63, 3.8) is 0 Å². The highest BCUT2D eigenvalue weighted by atomic mass is 16.3. The van der Waals surface area contributed by atoms with Crippen LogP contribution in [0.4, 0.5) is 0 Å². The number of rotatable bonds is 1. The molecule has 14 heavy (non-hydrogen) atoms. The molecule has 0 aliphatic heterocycles. The second-order valence-electron chi connectivity index (χ2n) is 4.05. The lowest BCUT2D eigenvalue weighted by molar-refractivity contribution is 0.106. The largest absolute Gasteiger partial charge is 0.508 e. The van der Waals surface area contributed by atoms with Crippen molar-refractivity contribution in [2.24, 2.45) is 0 Å². The van der Waals surface area contributed by atoms with Crippen molar-refractivity contribution in [1.82, 2.24) is 0 Å². The molecule has 0 saturated heterocycles. The first kappa shape index (κ1) is 9.53. The van der Waals surface area contributed by atoms with Gasteiger partial charge in [-0.2, -0.15) is 0 Å². The second-order valence-corrected chi connectivity index (χ2v) is 4.05. The van der Waals surface area contributed by atoms with Gasteiger partial charge in [0.25, 0.3) is 0 Å². The smallest absolute Gasteiger partial charge is 0.115 e. The van der Waals surface area contributed by atoms with Crippen molar-refractivity contribution in [2.75, 3.05) is 0 Å². The van der Waals surface area contributed by atoms with Crippen LogP contribution in [0.2, 0.25) is 0 Å². The molecule has 0 bridgehead atoms. The molecular formula is C12H16O2. The van der Waals surface area contributed by atoms with Crippen LogP contribution in [0.15, 0.2) is 24.3 Å². The molecule has 1 aromatic carbocycles. The molecule has 76 valence electrons. The number of aromatic hydroxyl groups is 1. The number of phenolic OH excluding ortho intramolecular Hbond substituents is 1. The maximum atomic E-state index is 9.83. The molecular weight excluding hydrogens is 176 g/mol. The number of hydrogen-bond acceptors (Lipinski definition) is 2. The number of phenols is 1. The van der Waals surface area contributed by atoms with Gasteiger partial charge in [0.15, 0.2) is 0 Å². The summed E-state index contributed by atoms with van der Waals surface area (Å²) >= 11 is 0. The van der Waals surface area contributed by atoms with Crippen LogP contribution in [0.3, 0.4) is 0 Å². The third-order valence-electron chi connectivity index (χ3n) is 3.03. The summed E-state index contributed by atoms with van der Waals surface area (Å²) in [6.45, 7) is 0. The molecule has 1 aliphatic rings. The number of benzene rings is 1. The summed E-state index contributed by atoms with van der Waals surface area (Å²) < 4.78 is 0. The first-order chi connectivity index (χ1) is 6.77.